The van der Waals surface area contributed by atoms with Gasteiger partial charge >= 0.3 is 0 Å². The van der Waals surface area contributed by atoms with Crippen LogP contribution >= 0.6 is 0 Å². The van der Waals surface area contributed by atoms with Crippen molar-refractivity contribution >= 4 is 10.9 Å². The molecular weight excluding hydrogens is 294 g/mol. The Balaban J connectivity index is 1.54. The fourth-order valence-electron chi connectivity index (χ4n) is 3.79. The number of fused-ring (bicyclic) bond motifs is 1. The Morgan fingerprint density at radius 2 is 1.88 bits per heavy atom. The van der Waals surface area contributed by atoms with Crippen molar-refractivity contribution in [1.82, 2.24) is 15.1 Å². The van der Waals surface area contributed by atoms with Gasteiger partial charge in [0, 0.05) is 11.4 Å². The number of hydrogen-bond donors (Lipinski definition) is 1. The molecule has 0 aliphatic heterocycles. The van der Waals surface area contributed by atoms with Crippen molar-refractivity contribution in [2.45, 2.75) is 45.1 Å². The van der Waals surface area contributed by atoms with Crippen molar-refractivity contribution in [2.24, 2.45) is 0 Å². The molecule has 1 aromatic heterocycles. The van der Waals surface area contributed by atoms with Gasteiger partial charge in [-0.1, -0.05) is 37.1 Å². The molecular formula is C21H25N3. The number of aromatic nitrogens is 2. The molecule has 3 heteroatoms. The van der Waals surface area contributed by atoms with E-state index in [1.807, 2.05) is 10.7 Å². The first-order valence-corrected chi connectivity index (χ1v) is 9.08. The molecule has 3 aromatic rings. The van der Waals surface area contributed by atoms with Gasteiger partial charge in [0.2, 0.25) is 0 Å². The van der Waals surface area contributed by atoms with E-state index in [-0.39, 0.29) is 0 Å². The fourth-order valence-corrected chi connectivity index (χ4v) is 3.79. The van der Waals surface area contributed by atoms with Crippen LogP contribution in [-0.2, 0) is 6.42 Å². The highest BCUT2D eigenvalue weighted by atomic mass is 15.3. The van der Waals surface area contributed by atoms with Crippen molar-refractivity contribution < 1.29 is 0 Å². The standard InChI is InChI=1S/C21H25N3/c1-16-20-15-17(13-14-22-18-7-5-6-8-18)11-12-21(20)24(23-16)19-9-3-2-4-10-19/h2-4,9-12,15,18,22H,5-8,13-14H2,1H3. The molecule has 0 bridgehead atoms. The molecule has 3 nitrogen and oxygen atoms in total. The predicted octanol–water partition coefficient (Wildman–Crippen LogP) is 4.41. The highest BCUT2D eigenvalue weighted by molar-refractivity contribution is 5.84. The SMILES string of the molecule is Cc1nn(-c2ccccc2)c2ccc(CCNC3CCCC3)cc12. The molecule has 0 radical (unpaired) electrons. The Labute approximate surface area is 143 Å². The summed E-state index contributed by atoms with van der Waals surface area (Å²) in [5.74, 6) is 0. The van der Waals surface area contributed by atoms with E-state index in [1.54, 1.807) is 0 Å². The van der Waals surface area contributed by atoms with Gasteiger partial charge in [0.1, 0.15) is 0 Å². The zero-order valence-corrected chi connectivity index (χ0v) is 14.3. The van der Waals surface area contributed by atoms with Crippen LogP contribution in [0.5, 0.6) is 0 Å². The monoisotopic (exact) mass is 319 g/mol. The van der Waals surface area contributed by atoms with Gasteiger partial charge in [-0.3, -0.25) is 0 Å². The second-order valence-corrected chi connectivity index (χ2v) is 6.87. The smallest absolute Gasteiger partial charge is 0.0744 e. The van der Waals surface area contributed by atoms with E-state index in [1.165, 1.54) is 42.1 Å². The summed E-state index contributed by atoms with van der Waals surface area (Å²) in [7, 11) is 0. The first-order valence-electron chi connectivity index (χ1n) is 9.08. The topological polar surface area (TPSA) is 29.9 Å². The Kier molecular flexibility index (Phi) is 4.35. The van der Waals surface area contributed by atoms with Crippen LogP contribution in [0.15, 0.2) is 48.5 Å². The third-order valence-corrected chi connectivity index (χ3v) is 5.13. The van der Waals surface area contributed by atoms with Crippen molar-refractivity contribution in [3.05, 3.63) is 59.8 Å². The van der Waals surface area contributed by atoms with E-state index < -0.39 is 0 Å². The largest absolute Gasteiger partial charge is 0.314 e. The number of aryl methyl sites for hydroxylation is 1. The highest BCUT2D eigenvalue weighted by Gasteiger charge is 2.14. The van der Waals surface area contributed by atoms with Crippen LogP contribution in [0.2, 0.25) is 0 Å². The summed E-state index contributed by atoms with van der Waals surface area (Å²) in [5.41, 5.74) is 4.79. The summed E-state index contributed by atoms with van der Waals surface area (Å²) in [5, 5.41) is 9.71. The minimum absolute atomic E-state index is 0.747. The number of benzene rings is 2. The molecule has 0 saturated heterocycles. The van der Waals surface area contributed by atoms with Crippen LogP contribution in [-0.4, -0.2) is 22.4 Å². The normalized spacial score (nSPS) is 15.4. The predicted molar refractivity (Wildman–Crippen MR) is 99.8 cm³/mol. The van der Waals surface area contributed by atoms with Crippen molar-refractivity contribution in [1.29, 1.82) is 0 Å². The third kappa shape index (κ3) is 3.09. The van der Waals surface area contributed by atoms with Gasteiger partial charge in [-0.2, -0.15) is 5.10 Å². The summed E-state index contributed by atoms with van der Waals surface area (Å²) < 4.78 is 2.05. The number of nitrogens with one attached hydrogen (secondary N) is 1. The Morgan fingerprint density at radius 1 is 1.08 bits per heavy atom. The summed E-state index contributed by atoms with van der Waals surface area (Å²) in [6, 6.07) is 17.9. The van der Waals surface area contributed by atoms with Gasteiger partial charge in [-0.05, 0) is 62.6 Å². The molecule has 0 amide bonds. The lowest BCUT2D eigenvalue weighted by molar-refractivity contribution is 0.528. The second kappa shape index (κ2) is 6.78. The van der Waals surface area contributed by atoms with Gasteiger partial charge in [-0.15, -0.1) is 0 Å². The van der Waals surface area contributed by atoms with Crippen molar-refractivity contribution in [2.75, 3.05) is 6.54 Å². The van der Waals surface area contributed by atoms with Crippen LogP contribution < -0.4 is 5.32 Å². The Bertz CT molecular complexity index is 814. The van der Waals surface area contributed by atoms with E-state index in [0.717, 1.165) is 30.4 Å². The third-order valence-electron chi connectivity index (χ3n) is 5.13. The average molecular weight is 319 g/mol. The molecule has 0 unspecified atom stereocenters. The van der Waals surface area contributed by atoms with Crippen molar-refractivity contribution in [3.8, 4) is 5.69 Å². The highest BCUT2D eigenvalue weighted by Crippen LogP contribution is 2.23. The maximum absolute atomic E-state index is 4.75. The van der Waals surface area contributed by atoms with Crippen LogP contribution in [0.3, 0.4) is 0 Å². The van der Waals surface area contributed by atoms with Gasteiger partial charge in [0.15, 0.2) is 0 Å². The molecule has 1 aliphatic carbocycles. The fraction of sp³-hybridized carbons (Fsp3) is 0.381. The molecule has 4 rings (SSSR count). The first kappa shape index (κ1) is 15.4. The molecule has 1 fully saturated rings. The molecule has 0 spiro atoms. The molecule has 1 saturated carbocycles. The van der Waals surface area contributed by atoms with Gasteiger partial charge in [-0.25, -0.2) is 4.68 Å². The molecule has 1 heterocycles. The van der Waals surface area contributed by atoms with Crippen LogP contribution in [0.25, 0.3) is 16.6 Å². The minimum atomic E-state index is 0.747. The number of nitrogens with zero attached hydrogens (tertiary/aromatic N) is 2. The van der Waals surface area contributed by atoms with E-state index in [0.29, 0.717) is 0 Å². The second-order valence-electron chi connectivity index (χ2n) is 6.87. The molecule has 1 aliphatic rings. The average Bonchev–Trinajstić information content (AvgIpc) is 3.24. The maximum atomic E-state index is 4.75. The quantitative estimate of drug-likeness (QED) is 0.755. The lowest BCUT2D eigenvalue weighted by atomic mass is 10.1. The maximum Gasteiger partial charge on any atom is 0.0744 e. The van der Waals surface area contributed by atoms with Gasteiger partial charge < -0.3 is 5.32 Å². The van der Waals surface area contributed by atoms with Gasteiger partial charge in [0.05, 0.1) is 16.9 Å². The summed E-state index contributed by atoms with van der Waals surface area (Å²) in [6.07, 6.45) is 6.56. The van der Waals surface area contributed by atoms with E-state index >= 15 is 0 Å². The lowest BCUT2D eigenvalue weighted by Crippen LogP contribution is -2.27. The molecule has 0 atom stereocenters. The van der Waals surface area contributed by atoms with Crippen LogP contribution in [0.4, 0.5) is 0 Å². The van der Waals surface area contributed by atoms with E-state index in [2.05, 4.69) is 54.7 Å². The van der Waals surface area contributed by atoms with Crippen LogP contribution in [0.1, 0.15) is 36.9 Å². The van der Waals surface area contributed by atoms with Crippen LogP contribution in [0, 0.1) is 6.92 Å². The molecule has 1 N–H and O–H groups in total. The Morgan fingerprint density at radius 3 is 2.67 bits per heavy atom. The van der Waals surface area contributed by atoms with Crippen molar-refractivity contribution in [3.63, 3.8) is 0 Å². The summed E-state index contributed by atoms with van der Waals surface area (Å²) in [4.78, 5) is 0. The van der Waals surface area contributed by atoms with E-state index in [4.69, 9.17) is 5.10 Å². The summed E-state index contributed by atoms with van der Waals surface area (Å²) >= 11 is 0. The number of rotatable bonds is 5. The molecule has 124 valence electrons. The number of hydrogen-bond acceptors (Lipinski definition) is 2. The molecule has 24 heavy (non-hydrogen) atoms. The number of para-hydroxylation sites is 1. The minimum Gasteiger partial charge on any atom is -0.314 e. The van der Waals surface area contributed by atoms with E-state index in [9.17, 15) is 0 Å². The Hall–Kier alpha value is -2.13. The summed E-state index contributed by atoms with van der Waals surface area (Å²) in [6.45, 7) is 3.17. The lowest BCUT2D eigenvalue weighted by Gasteiger charge is -2.11. The first-order chi connectivity index (χ1) is 11.8. The zero-order valence-electron chi connectivity index (χ0n) is 14.3. The molecule has 2 aromatic carbocycles. The zero-order chi connectivity index (χ0) is 16.4. The van der Waals surface area contributed by atoms with Gasteiger partial charge in [0.25, 0.3) is 0 Å².